The maximum absolute atomic E-state index is 13.7. The minimum atomic E-state index is -0.926. The Labute approximate surface area is 229 Å². The molecule has 0 bridgehead atoms. The number of nitrogens with zero attached hydrogens (tertiary/aromatic N) is 2. The van der Waals surface area contributed by atoms with Crippen LogP contribution in [0, 0.1) is 0 Å². The van der Waals surface area contributed by atoms with Crippen LogP contribution in [0.15, 0.2) is 53.5 Å². The lowest BCUT2D eigenvalue weighted by molar-refractivity contribution is -0.125. The van der Waals surface area contributed by atoms with Gasteiger partial charge in [0, 0.05) is 36.1 Å². The Morgan fingerprint density at radius 3 is 2.64 bits per heavy atom. The van der Waals surface area contributed by atoms with Crippen LogP contribution in [0.1, 0.15) is 46.0 Å². The molecule has 2 aromatic carbocycles. The zero-order valence-corrected chi connectivity index (χ0v) is 22.5. The molecule has 3 N–H and O–H groups in total. The summed E-state index contributed by atoms with van der Waals surface area (Å²) in [6, 6.07) is 14.2. The molecule has 4 amide bonds. The Kier molecular flexibility index (Phi) is 7.34. The number of fused-ring (bicyclic) bond motifs is 1. The Morgan fingerprint density at radius 1 is 1.13 bits per heavy atom. The first-order chi connectivity index (χ1) is 18.8. The number of esters is 1. The van der Waals surface area contributed by atoms with Gasteiger partial charge in [-0.1, -0.05) is 30.3 Å². The Balaban J connectivity index is 1.32. The first kappa shape index (κ1) is 26.4. The lowest BCUT2D eigenvalue weighted by Gasteiger charge is -2.35. The molecule has 0 radical (unpaired) electrons. The molecule has 0 atom stereocenters. The molecule has 5 rings (SSSR count). The van der Waals surface area contributed by atoms with Crippen LogP contribution in [-0.2, 0) is 16.0 Å². The lowest BCUT2D eigenvalue weighted by atomic mass is 9.87. The summed E-state index contributed by atoms with van der Waals surface area (Å²) in [5, 5.41) is 9.72. The molecule has 11 heteroatoms. The summed E-state index contributed by atoms with van der Waals surface area (Å²) in [7, 11) is 1.33. The van der Waals surface area contributed by atoms with E-state index in [4.69, 9.17) is 9.73 Å². The number of likely N-dealkylation sites (tertiary alicyclic amines) is 1. The SMILES string of the molecule is CCNC(=O)Nc1sc2ccccc2c1C(=O)N1CCC2(CC1)N=C(Cc1cccc(C(=O)OC)c1)NC2=O. The van der Waals surface area contributed by atoms with Crippen molar-refractivity contribution in [1.82, 2.24) is 15.5 Å². The number of ether oxygens (including phenoxy) is 1. The van der Waals surface area contributed by atoms with E-state index in [2.05, 4.69) is 16.0 Å². The number of thiophene rings is 1. The van der Waals surface area contributed by atoms with Crippen molar-refractivity contribution in [3.05, 3.63) is 65.2 Å². The van der Waals surface area contributed by atoms with E-state index in [9.17, 15) is 19.2 Å². The number of hydrogen-bond acceptors (Lipinski definition) is 7. The van der Waals surface area contributed by atoms with Crippen molar-refractivity contribution in [1.29, 1.82) is 0 Å². The second-order valence-corrected chi connectivity index (χ2v) is 10.5. The second-order valence-electron chi connectivity index (χ2n) is 9.49. The third-order valence-electron chi connectivity index (χ3n) is 7.00. The number of amides is 4. The number of nitrogens with one attached hydrogen (secondary N) is 3. The predicted octanol–water partition coefficient (Wildman–Crippen LogP) is 3.58. The Hall–Kier alpha value is -4.25. The van der Waals surface area contributed by atoms with Crippen LogP contribution in [0.25, 0.3) is 10.1 Å². The fourth-order valence-electron chi connectivity index (χ4n) is 5.02. The molecular formula is C28H29N5O5S. The maximum atomic E-state index is 13.7. The number of carbonyl (C=O) groups excluding carboxylic acids is 4. The van der Waals surface area contributed by atoms with Crippen molar-refractivity contribution in [2.45, 2.75) is 31.7 Å². The lowest BCUT2D eigenvalue weighted by Crippen LogP contribution is -2.50. The van der Waals surface area contributed by atoms with E-state index in [-0.39, 0.29) is 17.8 Å². The van der Waals surface area contributed by atoms with Gasteiger partial charge in [0.15, 0.2) is 0 Å². The standard InChI is InChI=1S/C28H29N5O5S/c1-3-29-27(37)31-23-22(19-9-4-5-10-20(19)39-23)24(34)33-13-11-28(12-14-33)26(36)30-21(32-28)16-17-7-6-8-18(15-17)25(35)38-2/h4-10,15H,3,11-14,16H2,1-2H3,(H2,29,31,37)(H,30,32,36). The smallest absolute Gasteiger partial charge is 0.337 e. The van der Waals surface area contributed by atoms with Crippen molar-refractivity contribution < 1.29 is 23.9 Å². The fourth-order valence-corrected chi connectivity index (χ4v) is 6.11. The van der Waals surface area contributed by atoms with E-state index in [0.29, 0.717) is 60.9 Å². The van der Waals surface area contributed by atoms with Gasteiger partial charge in [0.25, 0.3) is 11.8 Å². The summed E-state index contributed by atoms with van der Waals surface area (Å²) in [5.41, 5.74) is 0.801. The highest BCUT2D eigenvalue weighted by molar-refractivity contribution is 7.23. The molecule has 1 saturated heterocycles. The van der Waals surface area contributed by atoms with Gasteiger partial charge in [-0.15, -0.1) is 11.3 Å². The van der Waals surface area contributed by atoms with E-state index in [1.54, 1.807) is 23.1 Å². The van der Waals surface area contributed by atoms with Crippen LogP contribution in [0.4, 0.5) is 9.80 Å². The maximum Gasteiger partial charge on any atom is 0.337 e. The molecule has 2 aliphatic rings. The number of anilines is 1. The number of benzene rings is 2. The molecule has 0 saturated carbocycles. The van der Waals surface area contributed by atoms with Crippen LogP contribution in [-0.4, -0.2) is 66.8 Å². The van der Waals surface area contributed by atoms with Gasteiger partial charge in [0.1, 0.15) is 16.4 Å². The number of rotatable bonds is 6. The van der Waals surface area contributed by atoms with Gasteiger partial charge in [-0.25, -0.2) is 9.59 Å². The highest BCUT2D eigenvalue weighted by atomic mass is 32.1. The number of urea groups is 1. The van der Waals surface area contributed by atoms with Crippen molar-refractivity contribution >= 4 is 56.1 Å². The third kappa shape index (κ3) is 5.22. The number of aliphatic imine (C=N–C) groups is 1. The van der Waals surface area contributed by atoms with Crippen molar-refractivity contribution in [2.75, 3.05) is 32.1 Å². The average molecular weight is 548 g/mol. The predicted molar refractivity (Wildman–Crippen MR) is 149 cm³/mol. The topological polar surface area (TPSA) is 129 Å². The molecule has 10 nitrogen and oxygen atoms in total. The Bertz CT molecular complexity index is 1490. The second kappa shape index (κ2) is 10.9. The van der Waals surface area contributed by atoms with Crippen LogP contribution < -0.4 is 16.0 Å². The van der Waals surface area contributed by atoms with Gasteiger partial charge in [-0.3, -0.25) is 19.9 Å². The largest absolute Gasteiger partial charge is 0.465 e. The first-order valence-corrected chi connectivity index (χ1v) is 13.6. The number of hydrogen-bond donors (Lipinski definition) is 3. The van der Waals surface area contributed by atoms with Gasteiger partial charge in [-0.05, 0) is 43.5 Å². The highest BCUT2D eigenvalue weighted by Crippen LogP contribution is 2.38. The minimum absolute atomic E-state index is 0.173. The van der Waals surface area contributed by atoms with E-state index >= 15 is 0 Å². The zero-order chi connectivity index (χ0) is 27.6. The molecule has 3 aromatic rings. The number of piperidine rings is 1. The first-order valence-electron chi connectivity index (χ1n) is 12.8. The molecule has 0 unspecified atom stereocenters. The van der Waals surface area contributed by atoms with Gasteiger partial charge in [0.05, 0.1) is 18.2 Å². The fraction of sp³-hybridized carbons (Fsp3) is 0.321. The molecular weight excluding hydrogens is 518 g/mol. The molecule has 1 spiro atoms. The van der Waals surface area contributed by atoms with E-state index in [1.807, 2.05) is 37.3 Å². The summed E-state index contributed by atoms with van der Waals surface area (Å²) >= 11 is 1.36. The van der Waals surface area contributed by atoms with Gasteiger partial charge >= 0.3 is 12.0 Å². The normalized spacial score (nSPS) is 16.1. The van der Waals surface area contributed by atoms with Crippen molar-refractivity contribution in [2.24, 2.45) is 4.99 Å². The van der Waals surface area contributed by atoms with Crippen LogP contribution in [0.3, 0.4) is 0 Å². The van der Waals surface area contributed by atoms with E-state index in [1.165, 1.54) is 18.4 Å². The molecule has 1 aromatic heterocycles. The van der Waals surface area contributed by atoms with Gasteiger partial charge < -0.3 is 20.3 Å². The molecule has 1 fully saturated rings. The molecule has 39 heavy (non-hydrogen) atoms. The molecule has 0 aliphatic carbocycles. The van der Waals surface area contributed by atoms with E-state index in [0.717, 1.165) is 15.6 Å². The summed E-state index contributed by atoms with van der Waals surface area (Å²) in [6.45, 7) is 3.00. The minimum Gasteiger partial charge on any atom is -0.465 e. The van der Waals surface area contributed by atoms with Gasteiger partial charge in [0.2, 0.25) is 0 Å². The monoisotopic (exact) mass is 547 g/mol. The van der Waals surface area contributed by atoms with Crippen LogP contribution in [0.2, 0.25) is 0 Å². The van der Waals surface area contributed by atoms with E-state index < -0.39 is 11.5 Å². The molecule has 3 heterocycles. The average Bonchev–Trinajstić information content (AvgIpc) is 3.44. The summed E-state index contributed by atoms with van der Waals surface area (Å²) < 4.78 is 5.70. The highest BCUT2D eigenvalue weighted by Gasteiger charge is 2.46. The third-order valence-corrected chi connectivity index (χ3v) is 8.09. The van der Waals surface area contributed by atoms with Crippen LogP contribution in [0.5, 0.6) is 0 Å². The number of methoxy groups -OCH3 is 1. The summed E-state index contributed by atoms with van der Waals surface area (Å²) in [5.74, 6) is -0.242. The van der Waals surface area contributed by atoms with Crippen molar-refractivity contribution in [3.8, 4) is 0 Å². The number of carbonyl (C=O) groups is 4. The quantitative estimate of drug-likeness (QED) is 0.407. The van der Waals surface area contributed by atoms with Crippen molar-refractivity contribution in [3.63, 3.8) is 0 Å². The van der Waals surface area contributed by atoms with Gasteiger partial charge in [-0.2, -0.15) is 0 Å². The number of amidine groups is 1. The molecule has 2 aliphatic heterocycles. The zero-order valence-electron chi connectivity index (χ0n) is 21.7. The summed E-state index contributed by atoms with van der Waals surface area (Å²) in [4.78, 5) is 57.4. The molecule has 202 valence electrons. The Morgan fingerprint density at radius 2 is 1.90 bits per heavy atom. The summed E-state index contributed by atoms with van der Waals surface area (Å²) in [6.07, 6.45) is 1.14. The van der Waals surface area contributed by atoms with Crippen LogP contribution >= 0.6 is 11.3 Å².